The van der Waals surface area contributed by atoms with Crippen LogP contribution in [0.4, 0.5) is 18.9 Å². The standard InChI is InChI=1S/C22H21F3N4O6/c1-8-7-29-17-10(3-11-16(20(32)26-6-13(23)24)28-35-18(11)15(17)25)5-22(19(29)9(2)34-8)12(30)4-14(31)27-21(22)33/h3,8-9,13,19H,4-7H2,1-2H3,(H,26,32)(H,27,31,33)/t8-,9+,19-,22?/m0/s1. The number of benzene rings is 1. The summed E-state index contributed by atoms with van der Waals surface area (Å²) in [5.74, 6) is -3.99. The van der Waals surface area contributed by atoms with Gasteiger partial charge in [0.05, 0.1) is 42.3 Å². The number of hydrogen-bond donors (Lipinski definition) is 2. The van der Waals surface area contributed by atoms with Crippen molar-refractivity contribution in [3.8, 4) is 0 Å². The van der Waals surface area contributed by atoms with Gasteiger partial charge < -0.3 is 19.5 Å². The number of ether oxygens (including phenoxy) is 1. The number of Topliss-reactive ketones (excluding diaryl/α,β-unsaturated/α-hetero) is 1. The first-order valence-corrected chi connectivity index (χ1v) is 11.0. The Morgan fingerprint density at radius 2 is 2.09 bits per heavy atom. The minimum absolute atomic E-state index is 0.0725. The summed E-state index contributed by atoms with van der Waals surface area (Å²) in [6.07, 6.45) is -4.64. The van der Waals surface area contributed by atoms with E-state index in [1.165, 1.54) is 6.07 Å². The molecule has 35 heavy (non-hydrogen) atoms. The summed E-state index contributed by atoms with van der Waals surface area (Å²) in [4.78, 5) is 52.4. The molecule has 1 aromatic carbocycles. The maximum Gasteiger partial charge on any atom is 0.274 e. The van der Waals surface area contributed by atoms with Crippen molar-refractivity contribution >= 4 is 40.2 Å². The summed E-state index contributed by atoms with van der Waals surface area (Å²) in [5, 5.41) is 7.71. The highest BCUT2D eigenvalue weighted by Crippen LogP contribution is 2.50. The molecule has 13 heteroatoms. The molecule has 2 saturated heterocycles. The van der Waals surface area contributed by atoms with E-state index in [1.807, 2.05) is 5.32 Å². The number of anilines is 1. The fourth-order valence-corrected chi connectivity index (χ4v) is 5.56. The van der Waals surface area contributed by atoms with Crippen molar-refractivity contribution in [3.63, 3.8) is 0 Å². The molecule has 3 aliphatic heterocycles. The highest BCUT2D eigenvalue weighted by Gasteiger charge is 2.62. The number of carbonyl (C=O) groups is 4. The number of aromatic nitrogens is 1. The van der Waals surface area contributed by atoms with Crippen LogP contribution in [-0.2, 0) is 25.5 Å². The fourth-order valence-electron chi connectivity index (χ4n) is 5.56. The number of halogens is 3. The number of morpholine rings is 1. The highest BCUT2D eigenvalue weighted by molar-refractivity contribution is 6.22. The largest absolute Gasteiger partial charge is 0.372 e. The Kier molecular flexibility index (Phi) is 5.34. The molecule has 4 heterocycles. The van der Waals surface area contributed by atoms with Crippen molar-refractivity contribution in [3.05, 3.63) is 23.1 Å². The van der Waals surface area contributed by atoms with Gasteiger partial charge in [0.25, 0.3) is 12.3 Å². The normalized spacial score (nSPS) is 28.3. The Balaban J connectivity index is 1.69. The molecule has 4 atom stereocenters. The lowest BCUT2D eigenvalue weighted by Crippen LogP contribution is -2.72. The Morgan fingerprint density at radius 3 is 2.77 bits per heavy atom. The lowest BCUT2D eigenvalue weighted by Gasteiger charge is -2.55. The Bertz CT molecular complexity index is 1260. The SMILES string of the molecule is C[C@H]1CN2c3c(cc4c(C(=O)NCC(F)F)noc4c3F)CC3(C(=O)CC(=O)NC3=O)[C@@H]2[C@@H](C)O1. The number of piperidine rings is 1. The average molecular weight is 494 g/mol. The van der Waals surface area contributed by atoms with Crippen LogP contribution in [0.2, 0.25) is 0 Å². The number of imide groups is 1. The molecule has 5 rings (SSSR count). The highest BCUT2D eigenvalue weighted by atomic mass is 19.3. The van der Waals surface area contributed by atoms with E-state index < -0.39 is 72.0 Å². The van der Waals surface area contributed by atoms with Gasteiger partial charge in [0.2, 0.25) is 17.4 Å². The Hall–Kier alpha value is -3.48. The molecule has 0 bridgehead atoms. The van der Waals surface area contributed by atoms with E-state index in [2.05, 4.69) is 10.5 Å². The van der Waals surface area contributed by atoms with Gasteiger partial charge >= 0.3 is 0 Å². The number of nitrogens with zero attached hydrogens (tertiary/aromatic N) is 2. The van der Waals surface area contributed by atoms with Crippen LogP contribution in [-0.4, -0.2) is 66.4 Å². The molecule has 0 aliphatic carbocycles. The van der Waals surface area contributed by atoms with Crippen LogP contribution in [0.5, 0.6) is 0 Å². The summed E-state index contributed by atoms with van der Waals surface area (Å²) >= 11 is 0. The van der Waals surface area contributed by atoms with Crippen LogP contribution in [0.1, 0.15) is 36.3 Å². The van der Waals surface area contributed by atoms with Crippen LogP contribution < -0.4 is 15.5 Å². The van der Waals surface area contributed by atoms with E-state index in [9.17, 15) is 28.0 Å². The third kappa shape index (κ3) is 3.39. The predicted molar refractivity (Wildman–Crippen MR) is 112 cm³/mol. The molecular weight excluding hydrogens is 473 g/mol. The Morgan fingerprint density at radius 1 is 1.34 bits per heavy atom. The van der Waals surface area contributed by atoms with Crippen molar-refractivity contribution in [2.45, 2.75) is 51.4 Å². The van der Waals surface area contributed by atoms with Gasteiger partial charge in [0.1, 0.15) is 5.41 Å². The molecule has 3 amide bonds. The Labute approximate surface area is 196 Å². The number of fused-ring (bicyclic) bond motifs is 5. The molecule has 2 N–H and O–H groups in total. The molecule has 1 spiro atoms. The molecule has 3 aliphatic rings. The van der Waals surface area contributed by atoms with Gasteiger partial charge in [-0.15, -0.1) is 0 Å². The first kappa shape index (κ1) is 23.3. The maximum absolute atomic E-state index is 15.9. The van der Waals surface area contributed by atoms with Crippen LogP contribution in [0, 0.1) is 11.2 Å². The average Bonchev–Trinajstić information content (AvgIpc) is 3.19. The molecular formula is C22H21F3N4O6. The van der Waals surface area contributed by atoms with Gasteiger partial charge in [-0.2, -0.15) is 0 Å². The topological polar surface area (TPSA) is 131 Å². The van der Waals surface area contributed by atoms with Crippen molar-refractivity contribution in [2.24, 2.45) is 5.41 Å². The number of nitrogens with one attached hydrogen (secondary N) is 2. The first-order chi connectivity index (χ1) is 16.5. The number of amides is 3. The molecule has 1 aromatic heterocycles. The maximum atomic E-state index is 15.9. The minimum atomic E-state index is -2.80. The summed E-state index contributed by atoms with van der Waals surface area (Å²) < 4.78 is 51.9. The third-order valence-corrected chi connectivity index (χ3v) is 6.81. The van der Waals surface area contributed by atoms with Gasteiger partial charge in [-0.05, 0) is 31.9 Å². The zero-order valence-corrected chi connectivity index (χ0v) is 18.7. The molecule has 1 unspecified atom stereocenters. The van der Waals surface area contributed by atoms with Crippen molar-refractivity contribution in [1.29, 1.82) is 0 Å². The van der Waals surface area contributed by atoms with Crippen LogP contribution >= 0.6 is 0 Å². The number of alkyl halides is 2. The van der Waals surface area contributed by atoms with E-state index in [0.717, 1.165) is 0 Å². The van der Waals surface area contributed by atoms with E-state index in [0.29, 0.717) is 0 Å². The van der Waals surface area contributed by atoms with Gasteiger partial charge in [-0.1, -0.05) is 5.16 Å². The summed E-state index contributed by atoms with van der Waals surface area (Å²) in [7, 11) is 0. The third-order valence-electron chi connectivity index (χ3n) is 6.81. The monoisotopic (exact) mass is 494 g/mol. The second-order valence-corrected chi connectivity index (χ2v) is 9.08. The number of carbonyl (C=O) groups excluding carboxylic acids is 4. The smallest absolute Gasteiger partial charge is 0.274 e. The van der Waals surface area contributed by atoms with Gasteiger partial charge in [-0.25, -0.2) is 13.2 Å². The molecule has 10 nitrogen and oxygen atoms in total. The second kappa shape index (κ2) is 8.04. The summed E-state index contributed by atoms with van der Waals surface area (Å²) in [6, 6.07) is 0.469. The number of hydrogen-bond acceptors (Lipinski definition) is 8. The number of ketones is 1. The molecule has 186 valence electrons. The molecule has 0 radical (unpaired) electrons. The minimum Gasteiger partial charge on any atom is -0.372 e. The summed E-state index contributed by atoms with van der Waals surface area (Å²) in [5.41, 5.74) is -2.21. The molecule has 2 aromatic rings. The van der Waals surface area contributed by atoms with Crippen LogP contribution in [0.25, 0.3) is 11.0 Å². The molecule has 2 fully saturated rings. The van der Waals surface area contributed by atoms with Gasteiger partial charge in [-0.3, -0.25) is 24.5 Å². The summed E-state index contributed by atoms with van der Waals surface area (Å²) in [6.45, 7) is 2.64. The van der Waals surface area contributed by atoms with Crippen LogP contribution in [0.3, 0.4) is 0 Å². The molecule has 0 saturated carbocycles. The fraction of sp³-hybridized carbons (Fsp3) is 0.500. The lowest BCUT2D eigenvalue weighted by molar-refractivity contribution is -0.158. The zero-order chi connectivity index (χ0) is 25.2. The van der Waals surface area contributed by atoms with E-state index in [1.54, 1.807) is 18.7 Å². The van der Waals surface area contributed by atoms with E-state index in [4.69, 9.17) is 9.26 Å². The van der Waals surface area contributed by atoms with E-state index in [-0.39, 0.29) is 41.3 Å². The van der Waals surface area contributed by atoms with Crippen molar-refractivity contribution in [1.82, 2.24) is 15.8 Å². The second-order valence-electron chi connectivity index (χ2n) is 9.08. The van der Waals surface area contributed by atoms with Crippen molar-refractivity contribution < 1.29 is 41.6 Å². The quantitative estimate of drug-likeness (QED) is 0.479. The zero-order valence-electron chi connectivity index (χ0n) is 18.7. The van der Waals surface area contributed by atoms with Crippen molar-refractivity contribution in [2.75, 3.05) is 18.0 Å². The first-order valence-electron chi connectivity index (χ1n) is 11.0. The predicted octanol–water partition coefficient (Wildman–Crippen LogP) is 1.10. The number of rotatable bonds is 3. The van der Waals surface area contributed by atoms with Gasteiger partial charge in [0.15, 0.2) is 17.3 Å². The van der Waals surface area contributed by atoms with Crippen LogP contribution in [0.15, 0.2) is 10.6 Å². The van der Waals surface area contributed by atoms with Gasteiger partial charge in [0, 0.05) is 6.54 Å². The van der Waals surface area contributed by atoms with E-state index >= 15 is 4.39 Å². The lowest BCUT2D eigenvalue weighted by atomic mass is 9.63.